The molecule has 21 heavy (non-hydrogen) atoms. The summed E-state index contributed by atoms with van der Waals surface area (Å²) in [5, 5.41) is 9.04. The van der Waals surface area contributed by atoms with Crippen LogP contribution in [0.15, 0.2) is 22.7 Å². The van der Waals surface area contributed by atoms with E-state index < -0.39 is 11.7 Å². The third-order valence-corrected chi connectivity index (χ3v) is 4.92. The van der Waals surface area contributed by atoms with Gasteiger partial charge in [-0.05, 0) is 30.2 Å². The molecule has 0 aliphatic heterocycles. The van der Waals surface area contributed by atoms with E-state index in [4.69, 9.17) is 11.0 Å². The molecule has 0 bridgehead atoms. The highest BCUT2D eigenvalue weighted by Crippen LogP contribution is 2.43. The molecule has 7 heteroatoms. The zero-order valence-corrected chi connectivity index (χ0v) is 13.3. The van der Waals surface area contributed by atoms with Crippen LogP contribution in [0.5, 0.6) is 0 Å². The molecule has 0 saturated heterocycles. The molecule has 2 aromatic rings. The van der Waals surface area contributed by atoms with Gasteiger partial charge in [-0.15, -0.1) is 11.3 Å². The lowest BCUT2D eigenvalue weighted by Crippen LogP contribution is -2.04. The molecule has 0 saturated carbocycles. The van der Waals surface area contributed by atoms with Gasteiger partial charge in [0.25, 0.3) is 0 Å². The highest BCUT2D eigenvalue weighted by atomic mass is 79.9. The molecule has 2 nitrogen and oxygen atoms in total. The van der Waals surface area contributed by atoms with Crippen LogP contribution in [0.4, 0.5) is 18.9 Å². The van der Waals surface area contributed by atoms with Crippen LogP contribution < -0.4 is 5.73 Å². The Balaban J connectivity index is 2.70. The van der Waals surface area contributed by atoms with Crippen LogP contribution in [0.25, 0.3) is 10.4 Å². The normalized spacial score (nSPS) is 11.4. The van der Waals surface area contributed by atoms with Crippen LogP contribution in [0.3, 0.4) is 0 Å². The molecule has 0 radical (unpaired) electrons. The number of alkyl halides is 3. The predicted molar refractivity (Wildman–Crippen MR) is 81.0 cm³/mol. The number of halogens is 4. The lowest BCUT2D eigenvalue weighted by atomic mass is 10.0. The average molecular weight is 375 g/mol. The molecular formula is C14H10BrF3N2S. The number of nitrogens with two attached hydrogens (primary N) is 1. The van der Waals surface area contributed by atoms with Crippen molar-refractivity contribution in [1.82, 2.24) is 0 Å². The van der Waals surface area contributed by atoms with Crippen molar-refractivity contribution in [2.75, 3.05) is 5.73 Å². The quantitative estimate of drug-likeness (QED) is 0.783. The molecule has 0 unspecified atom stereocenters. The topological polar surface area (TPSA) is 49.8 Å². The predicted octanol–water partition coefficient (Wildman–Crippen LogP) is 5.21. The van der Waals surface area contributed by atoms with E-state index in [1.54, 1.807) is 0 Å². The van der Waals surface area contributed by atoms with Gasteiger partial charge in [0, 0.05) is 14.9 Å². The maximum absolute atomic E-state index is 12.9. The number of nitriles is 1. The Morgan fingerprint density at radius 1 is 1.38 bits per heavy atom. The fraction of sp³-hybridized carbons (Fsp3) is 0.214. The zero-order valence-electron chi connectivity index (χ0n) is 10.9. The standard InChI is InChI=1S/C14H10BrF3N2S/c1-2-8-12(20)11(6-19)21-13(8)9-5-7(14(16,17)18)3-4-10(9)15/h3-5H,2,20H2,1H3. The molecule has 0 aliphatic rings. The lowest BCUT2D eigenvalue weighted by molar-refractivity contribution is -0.137. The molecule has 0 aliphatic carbocycles. The van der Waals surface area contributed by atoms with Crippen molar-refractivity contribution >= 4 is 33.0 Å². The van der Waals surface area contributed by atoms with Crippen molar-refractivity contribution < 1.29 is 13.2 Å². The second-order valence-corrected chi connectivity index (χ2v) is 6.19. The van der Waals surface area contributed by atoms with Crippen molar-refractivity contribution in [2.45, 2.75) is 19.5 Å². The van der Waals surface area contributed by atoms with Crippen molar-refractivity contribution in [3.05, 3.63) is 38.7 Å². The number of anilines is 1. The van der Waals surface area contributed by atoms with Gasteiger partial charge in [0.2, 0.25) is 0 Å². The number of nitrogen functional groups attached to an aromatic ring is 1. The summed E-state index contributed by atoms with van der Waals surface area (Å²) in [5.41, 5.74) is 6.62. The Morgan fingerprint density at radius 2 is 2.05 bits per heavy atom. The summed E-state index contributed by atoms with van der Waals surface area (Å²) in [6, 6.07) is 5.44. The summed E-state index contributed by atoms with van der Waals surface area (Å²) in [6.45, 7) is 1.85. The Morgan fingerprint density at radius 3 is 2.57 bits per heavy atom. The molecule has 2 N–H and O–H groups in total. The first-order chi connectivity index (χ1) is 9.79. The van der Waals surface area contributed by atoms with Gasteiger partial charge in [-0.3, -0.25) is 0 Å². The van der Waals surface area contributed by atoms with Crippen molar-refractivity contribution in [2.24, 2.45) is 0 Å². The Kier molecular flexibility index (Phi) is 4.30. The first-order valence-corrected chi connectivity index (χ1v) is 7.58. The summed E-state index contributed by atoms with van der Waals surface area (Å²) in [7, 11) is 0. The van der Waals surface area contributed by atoms with Gasteiger partial charge < -0.3 is 5.73 Å². The Hall–Kier alpha value is -1.52. The van der Waals surface area contributed by atoms with E-state index in [1.165, 1.54) is 6.07 Å². The number of rotatable bonds is 2. The molecule has 0 amide bonds. The molecule has 1 heterocycles. The molecule has 1 aromatic heterocycles. The average Bonchev–Trinajstić information content (AvgIpc) is 2.74. The van der Waals surface area contributed by atoms with Gasteiger partial charge in [-0.1, -0.05) is 22.9 Å². The minimum atomic E-state index is -4.41. The second kappa shape index (κ2) is 5.70. The maximum Gasteiger partial charge on any atom is 0.416 e. The summed E-state index contributed by atoms with van der Waals surface area (Å²) in [6.07, 6.45) is -3.87. The largest absolute Gasteiger partial charge is 0.416 e. The van der Waals surface area contributed by atoms with Gasteiger partial charge in [0.1, 0.15) is 10.9 Å². The van der Waals surface area contributed by atoms with E-state index in [1.807, 2.05) is 13.0 Å². The summed E-state index contributed by atoms with van der Waals surface area (Å²) in [4.78, 5) is 0.927. The fourth-order valence-electron chi connectivity index (χ4n) is 2.01. The lowest BCUT2D eigenvalue weighted by Gasteiger charge is -2.11. The van der Waals surface area contributed by atoms with E-state index in [0.29, 0.717) is 37.5 Å². The Bertz CT molecular complexity index is 729. The van der Waals surface area contributed by atoms with Gasteiger partial charge >= 0.3 is 6.18 Å². The fourth-order valence-corrected chi connectivity index (χ4v) is 3.72. The van der Waals surface area contributed by atoms with Crippen LogP contribution in [0.1, 0.15) is 22.9 Å². The van der Waals surface area contributed by atoms with Gasteiger partial charge in [0.15, 0.2) is 0 Å². The van der Waals surface area contributed by atoms with Crippen LogP contribution >= 0.6 is 27.3 Å². The molecular weight excluding hydrogens is 365 g/mol. The molecule has 110 valence electrons. The molecule has 0 atom stereocenters. The minimum absolute atomic E-state index is 0.325. The highest BCUT2D eigenvalue weighted by molar-refractivity contribution is 9.10. The number of benzene rings is 1. The van der Waals surface area contributed by atoms with Gasteiger partial charge in [-0.2, -0.15) is 18.4 Å². The monoisotopic (exact) mass is 374 g/mol. The van der Waals surface area contributed by atoms with Crippen molar-refractivity contribution in [3.8, 4) is 16.5 Å². The number of nitrogens with zero attached hydrogens (tertiary/aromatic N) is 1. The van der Waals surface area contributed by atoms with E-state index in [2.05, 4.69) is 15.9 Å². The van der Waals surface area contributed by atoms with Crippen LogP contribution in [0, 0.1) is 11.3 Å². The SMILES string of the molecule is CCc1c(-c2cc(C(F)(F)F)ccc2Br)sc(C#N)c1N. The van der Waals surface area contributed by atoms with Crippen LogP contribution in [-0.2, 0) is 12.6 Å². The number of hydrogen-bond acceptors (Lipinski definition) is 3. The second-order valence-electron chi connectivity index (χ2n) is 4.31. The third kappa shape index (κ3) is 2.92. The number of thiophene rings is 1. The summed E-state index contributed by atoms with van der Waals surface area (Å²) in [5.74, 6) is 0. The van der Waals surface area contributed by atoms with Crippen LogP contribution in [0.2, 0.25) is 0 Å². The van der Waals surface area contributed by atoms with E-state index >= 15 is 0 Å². The molecule has 2 rings (SSSR count). The smallest absolute Gasteiger partial charge is 0.397 e. The highest BCUT2D eigenvalue weighted by Gasteiger charge is 2.31. The van der Waals surface area contributed by atoms with E-state index in [-0.39, 0.29) is 0 Å². The molecule has 0 spiro atoms. The van der Waals surface area contributed by atoms with E-state index in [9.17, 15) is 13.2 Å². The van der Waals surface area contributed by atoms with Gasteiger partial charge in [-0.25, -0.2) is 0 Å². The summed E-state index contributed by atoms with van der Waals surface area (Å²) >= 11 is 4.38. The molecule has 0 fully saturated rings. The maximum atomic E-state index is 12.9. The van der Waals surface area contributed by atoms with Crippen LogP contribution in [-0.4, -0.2) is 0 Å². The number of hydrogen-bond donors (Lipinski definition) is 1. The third-order valence-electron chi connectivity index (χ3n) is 3.04. The van der Waals surface area contributed by atoms with Crippen molar-refractivity contribution in [1.29, 1.82) is 5.26 Å². The first-order valence-electron chi connectivity index (χ1n) is 5.98. The van der Waals surface area contributed by atoms with Crippen molar-refractivity contribution in [3.63, 3.8) is 0 Å². The molecule has 1 aromatic carbocycles. The minimum Gasteiger partial charge on any atom is -0.397 e. The van der Waals surface area contributed by atoms with E-state index in [0.717, 1.165) is 23.5 Å². The first kappa shape index (κ1) is 15.9. The zero-order chi connectivity index (χ0) is 15.8. The Labute approximate surface area is 132 Å². The summed E-state index contributed by atoms with van der Waals surface area (Å²) < 4.78 is 39.1. The van der Waals surface area contributed by atoms with Gasteiger partial charge in [0.05, 0.1) is 11.3 Å².